The zero-order valence-corrected chi connectivity index (χ0v) is 29.2. The molecule has 2 atom stereocenters. The van der Waals surface area contributed by atoms with Gasteiger partial charge in [0.05, 0.1) is 12.0 Å². The third kappa shape index (κ3) is 8.31. The minimum absolute atomic E-state index is 0.0726. The van der Waals surface area contributed by atoms with E-state index in [4.69, 9.17) is 16.2 Å². The monoisotopic (exact) mass is 684 g/mol. The van der Waals surface area contributed by atoms with Crippen LogP contribution in [0.15, 0.2) is 97.1 Å². The first-order chi connectivity index (χ1) is 22.9. The molecule has 0 heterocycles. The molecule has 0 bridgehead atoms. The van der Waals surface area contributed by atoms with Gasteiger partial charge in [0.2, 0.25) is 5.91 Å². The second kappa shape index (κ2) is 15.0. The van der Waals surface area contributed by atoms with Gasteiger partial charge in [-0.25, -0.2) is 0 Å². The van der Waals surface area contributed by atoms with Crippen molar-refractivity contribution in [1.29, 1.82) is 0 Å². The quantitative estimate of drug-likeness (QED) is 0.108. The van der Waals surface area contributed by atoms with Crippen molar-refractivity contribution in [2.75, 3.05) is 18.5 Å². The number of carbonyl (C=O) groups is 2. The lowest BCUT2D eigenvalue weighted by atomic mass is 9.73. The van der Waals surface area contributed by atoms with E-state index >= 15 is 0 Å². The van der Waals surface area contributed by atoms with Crippen LogP contribution in [0.4, 0.5) is 5.69 Å². The van der Waals surface area contributed by atoms with E-state index in [0.717, 1.165) is 52.6 Å². The number of hydrogen-bond donors (Lipinski definition) is 3. The molecule has 0 fully saturated rings. The first-order valence-corrected chi connectivity index (χ1v) is 17.4. The van der Waals surface area contributed by atoms with Crippen LogP contribution >= 0.6 is 11.6 Å². The highest BCUT2D eigenvalue weighted by molar-refractivity contribution is 7.74. The number of carbonyl (C=O) groups excluding carboxylic acids is 2. The second-order valence-corrected chi connectivity index (χ2v) is 14.3. The molecule has 0 radical (unpaired) electrons. The molecule has 250 valence electrons. The molecule has 1 aliphatic carbocycles. The Bertz CT molecular complexity index is 1850. The van der Waals surface area contributed by atoms with E-state index in [1.54, 1.807) is 24.3 Å². The summed E-state index contributed by atoms with van der Waals surface area (Å²) in [6, 6.07) is 28.7. The molecule has 2 unspecified atom stereocenters. The van der Waals surface area contributed by atoms with Crippen LogP contribution in [-0.2, 0) is 25.8 Å². The fourth-order valence-corrected chi connectivity index (χ4v) is 6.52. The second-order valence-electron chi connectivity index (χ2n) is 13.2. The first kappa shape index (κ1) is 35.2. The fourth-order valence-electron chi connectivity index (χ4n) is 6.07. The standard InChI is InChI=1S/C39H41ClN2O5S/c1-26-24-33(40)14-17-35(26)28-10-15-34(16-11-28)42-37(44)39(4,31-12-8-29(9-13-31)36(43)41-22-23-47-48(45)46)32-7-5-6-30(25-32)27-18-20-38(2,3)21-19-27/h5-18,24-25H,19-23H2,1-4H3,(H,41,43)(H,42,44)(H,45,46). The topological polar surface area (TPSA) is 105 Å². The van der Waals surface area contributed by atoms with Crippen LogP contribution in [0.3, 0.4) is 0 Å². The summed E-state index contributed by atoms with van der Waals surface area (Å²) in [5, 5.41) is 6.52. The molecule has 5 rings (SSSR count). The van der Waals surface area contributed by atoms with Crippen LogP contribution in [0.25, 0.3) is 16.7 Å². The summed E-state index contributed by atoms with van der Waals surface area (Å²) in [7, 11) is 0. The van der Waals surface area contributed by atoms with Crippen molar-refractivity contribution in [3.05, 3.63) is 130 Å². The highest BCUT2D eigenvalue weighted by Gasteiger charge is 2.38. The van der Waals surface area contributed by atoms with E-state index in [-0.39, 0.29) is 30.4 Å². The maximum Gasteiger partial charge on any atom is 0.301 e. The lowest BCUT2D eigenvalue weighted by Crippen LogP contribution is -2.39. The number of benzene rings is 4. The molecule has 48 heavy (non-hydrogen) atoms. The van der Waals surface area contributed by atoms with Crippen LogP contribution in [-0.4, -0.2) is 33.7 Å². The van der Waals surface area contributed by atoms with Crippen molar-refractivity contribution in [1.82, 2.24) is 5.32 Å². The fraction of sp³-hybridized carbons (Fsp3) is 0.282. The van der Waals surface area contributed by atoms with E-state index in [9.17, 15) is 13.8 Å². The Morgan fingerprint density at radius 2 is 1.69 bits per heavy atom. The molecule has 0 spiro atoms. The SMILES string of the molecule is Cc1cc(Cl)ccc1-c1ccc(NC(=O)C(C)(c2ccc(C(=O)NCCOS(=O)O)cc2)c2cccc(C3=CCC(C)(C)CC3)c2)cc1. The van der Waals surface area contributed by atoms with Crippen molar-refractivity contribution >= 4 is 46.0 Å². The summed E-state index contributed by atoms with van der Waals surface area (Å²) in [5.74, 6) is -0.564. The molecule has 4 aromatic carbocycles. The van der Waals surface area contributed by atoms with Gasteiger partial charge in [-0.15, -0.1) is 0 Å². The van der Waals surface area contributed by atoms with Gasteiger partial charge in [0.15, 0.2) is 0 Å². The van der Waals surface area contributed by atoms with Gasteiger partial charge < -0.3 is 10.6 Å². The first-order valence-electron chi connectivity index (χ1n) is 16.0. The summed E-state index contributed by atoms with van der Waals surface area (Å²) in [4.78, 5) is 27.2. The van der Waals surface area contributed by atoms with Gasteiger partial charge >= 0.3 is 11.4 Å². The average molecular weight is 685 g/mol. The van der Waals surface area contributed by atoms with Crippen LogP contribution in [0.1, 0.15) is 72.6 Å². The Morgan fingerprint density at radius 1 is 0.958 bits per heavy atom. The minimum atomic E-state index is -2.39. The van der Waals surface area contributed by atoms with E-state index in [2.05, 4.69) is 46.9 Å². The number of amides is 2. The highest BCUT2D eigenvalue weighted by atomic mass is 35.5. The van der Waals surface area contributed by atoms with Gasteiger partial charge in [0.1, 0.15) is 0 Å². The van der Waals surface area contributed by atoms with Gasteiger partial charge in [-0.3, -0.25) is 18.3 Å². The van der Waals surface area contributed by atoms with Crippen molar-refractivity contribution in [2.45, 2.75) is 52.4 Å². The Hall–Kier alpha value is -4.08. The number of anilines is 1. The molecule has 3 N–H and O–H groups in total. The zero-order valence-electron chi connectivity index (χ0n) is 27.6. The minimum Gasteiger partial charge on any atom is -0.350 e. The van der Waals surface area contributed by atoms with Crippen LogP contribution in [0, 0.1) is 12.3 Å². The van der Waals surface area contributed by atoms with E-state index in [1.807, 2.05) is 68.4 Å². The molecule has 0 saturated carbocycles. The van der Waals surface area contributed by atoms with Crippen molar-refractivity contribution in [3.8, 4) is 11.1 Å². The Kier molecular flexibility index (Phi) is 11.0. The summed E-state index contributed by atoms with van der Waals surface area (Å²) in [5.41, 5.74) is 7.32. The summed E-state index contributed by atoms with van der Waals surface area (Å²) in [6.07, 6.45) is 5.39. The Morgan fingerprint density at radius 3 is 2.33 bits per heavy atom. The van der Waals surface area contributed by atoms with Gasteiger partial charge in [0, 0.05) is 22.8 Å². The molecule has 0 saturated heterocycles. The number of halogens is 1. The van der Waals surface area contributed by atoms with Crippen LogP contribution in [0.2, 0.25) is 5.02 Å². The molecule has 2 amide bonds. The Labute approximate surface area is 290 Å². The maximum absolute atomic E-state index is 14.4. The van der Waals surface area contributed by atoms with E-state index < -0.39 is 16.8 Å². The summed E-state index contributed by atoms with van der Waals surface area (Å²) >= 11 is 3.77. The van der Waals surface area contributed by atoms with Crippen molar-refractivity contribution in [3.63, 3.8) is 0 Å². The van der Waals surface area contributed by atoms with E-state index in [0.29, 0.717) is 16.3 Å². The summed E-state index contributed by atoms with van der Waals surface area (Å²) in [6.45, 7) is 8.47. The predicted molar refractivity (Wildman–Crippen MR) is 194 cm³/mol. The number of hydrogen-bond acceptors (Lipinski definition) is 4. The van der Waals surface area contributed by atoms with Crippen molar-refractivity contribution in [2.24, 2.45) is 5.41 Å². The highest BCUT2D eigenvalue weighted by Crippen LogP contribution is 2.40. The van der Waals surface area contributed by atoms with Gasteiger partial charge in [0.25, 0.3) is 5.91 Å². The predicted octanol–water partition coefficient (Wildman–Crippen LogP) is 8.74. The molecule has 1 aliphatic rings. The average Bonchev–Trinajstić information content (AvgIpc) is 3.06. The zero-order chi connectivity index (χ0) is 34.5. The van der Waals surface area contributed by atoms with Gasteiger partial charge in [-0.2, -0.15) is 4.21 Å². The van der Waals surface area contributed by atoms with Gasteiger partial charge in [-0.05, 0) is 114 Å². The van der Waals surface area contributed by atoms with Gasteiger partial charge in [-0.1, -0.05) is 86.1 Å². The third-order valence-electron chi connectivity index (χ3n) is 9.18. The number of aryl methyl sites for hydroxylation is 1. The summed E-state index contributed by atoms with van der Waals surface area (Å²) < 4.78 is 24.0. The lowest BCUT2D eigenvalue weighted by molar-refractivity contribution is -0.119. The van der Waals surface area contributed by atoms with Crippen LogP contribution < -0.4 is 10.6 Å². The number of allylic oxidation sites excluding steroid dienone is 2. The lowest BCUT2D eigenvalue weighted by Gasteiger charge is -2.32. The van der Waals surface area contributed by atoms with Crippen LogP contribution in [0.5, 0.6) is 0 Å². The maximum atomic E-state index is 14.4. The smallest absolute Gasteiger partial charge is 0.301 e. The normalized spacial score (nSPS) is 15.9. The molecule has 0 aromatic heterocycles. The molecule has 7 nitrogen and oxygen atoms in total. The Balaban J connectivity index is 1.45. The van der Waals surface area contributed by atoms with E-state index in [1.165, 1.54) is 5.57 Å². The largest absolute Gasteiger partial charge is 0.350 e. The molecule has 0 aliphatic heterocycles. The van der Waals surface area contributed by atoms with Crippen molar-refractivity contribution < 1.29 is 22.5 Å². The number of rotatable bonds is 11. The molecular weight excluding hydrogens is 644 g/mol. The number of nitrogens with one attached hydrogen (secondary N) is 2. The molecule has 4 aromatic rings. The molecule has 9 heteroatoms. The third-order valence-corrected chi connectivity index (χ3v) is 9.78. The molecular formula is C39H41ClN2O5S.